The second kappa shape index (κ2) is 4.90. The second-order valence-corrected chi connectivity index (χ2v) is 5.17. The Morgan fingerprint density at radius 2 is 2.25 bits per heavy atom. The summed E-state index contributed by atoms with van der Waals surface area (Å²) in [4.78, 5) is 19.6. The third kappa shape index (κ3) is 2.21. The molecule has 0 bridgehead atoms. The number of benzene rings is 1. The first-order valence-electron chi connectivity index (χ1n) is 5.91. The van der Waals surface area contributed by atoms with Crippen LogP contribution < -0.4 is 0 Å². The molecule has 0 aliphatic carbocycles. The molecule has 5 nitrogen and oxygen atoms in total. The lowest BCUT2D eigenvalue weighted by molar-refractivity contribution is 0.0697. The van der Waals surface area contributed by atoms with Crippen molar-refractivity contribution in [2.24, 2.45) is 7.05 Å². The van der Waals surface area contributed by atoms with Crippen molar-refractivity contribution >= 4 is 17.3 Å². The highest BCUT2D eigenvalue weighted by atomic mass is 32.1. The molecule has 0 fully saturated rings. The van der Waals surface area contributed by atoms with Crippen LogP contribution in [0.1, 0.15) is 10.4 Å². The van der Waals surface area contributed by atoms with E-state index in [0.29, 0.717) is 0 Å². The molecule has 0 saturated heterocycles. The van der Waals surface area contributed by atoms with Crippen molar-refractivity contribution in [1.29, 1.82) is 0 Å². The third-order valence-corrected chi connectivity index (χ3v) is 3.81. The zero-order valence-corrected chi connectivity index (χ0v) is 11.5. The summed E-state index contributed by atoms with van der Waals surface area (Å²) in [7, 11) is 1.91. The summed E-state index contributed by atoms with van der Waals surface area (Å²) in [5.41, 5.74) is 2.78. The van der Waals surface area contributed by atoms with E-state index >= 15 is 0 Å². The van der Waals surface area contributed by atoms with Gasteiger partial charge in [-0.25, -0.2) is 14.8 Å². The molecule has 1 aromatic carbocycles. The molecule has 0 saturated carbocycles. The molecule has 20 heavy (non-hydrogen) atoms. The standard InChI is InChI=1S/C14H11N3O2S/c1-17-8-15-6-12(17)13-16-11(7-20-13)9-3-2-4-10(5-9)14(18)19/h2-8H,1H3,(H,18,19). The number of aryl methyl sites for hydroxylation is 1. The number of thiazole rings is 1. The van der Waals surface area contributed by atoms with E-state index in [1.807, 2.05) is 23.1 Å². The van der Waals surface area contributed by atoms with E-state index < -0.39 is 5.97 Å². The van der Waals surface area contributed by atoms with Crippen molar-refractivity contribution < 1.29 is 9.90 Å². The van der Waals surface area contributed by atoms with Crippen LogP contribution in [0.5, 0.6) is 0 Å². The molecule has 2 heterocycles. The van der Waals surface area contributed by atoms with Gasteiger partial charge in [0.25, 0.3) is 0 Å². The number of carboxylic acid groups (broad SMARTS) is 1. The molecule has 6 heteroatoms. The summed E-state index contributed by atoms with van der Waals surface area (Å²) in [6.45, 7) is 0. The van der Waals surface area contributed by atoms with Crippen LogP contribution in [0.15, 0.2) is 42.2 Å². The molecule has 0 atom stereocenters. The maximum atomic E-state index is 11.0. The summed E-state index contributed by atoms with van der Waals surface area (Å²) < 4.78 is 1.90. The predicted octanol–water partition coefficient (Wildman–Crippen LogP) is 2.91. The van der Waals surface area contributed by atoms with Crippen LogP contribution in [0.25, 0.3) is 22.0 Å². The largest absolute Gasteiger partial charge is 0.478 e. The van der Waals surface area contributed by atoms with Crippen molar-refractivity contribution in [3.05, 3.63) is 47.7 Å². The lowest BCUT2D eigenvalue weighted by atomic mass is 10.1. The average Bonchev–Trinajstić information content (AvgIpc) is 3.07. The minimum absolute atomic E-state index is 0.262. The van der Waals surface area contributed by atoms with Crippen LogP contribution >= 0.6 is 11.3 Å². The van der Waals surface area contributed by atoms with Crippen molar-refractivity contribution in [2.45, 2.75) is 0 Å². The quantitative estimate of drug-likeness (QED) is 0.803. The molecule has 100 valence electrons. The molecule has 0 amide bonds. The van der Waals surface area contributed by atoms with E-state index in [0.717, 1.165) is 22.0 Å². The van der Waals surface area contributed by atoms with E-state index in [4.69, 9.17) is 5.11 Å². The van der Waals surface area contributed by atoms with Gasteiger partial charge >= 0.3 is 5.97 Å². The smallest absolute Gasteiger partial charge is 0.335 e. The first kappa shape index (κ1) is 12.6. The van der Waals surface area contributed by atoms with Crippen molar-refractivity contribution in [2.75, 3.05) is 0 Å². The highest BCUT2D eigenvalue weighted by molar-refractivity contribution is 7.13. The molecule has 0 radical (unpaired) electrons. The highest BCUT2D eigenvalue weighted by Gasteiger charge is 2.11. The Kier molecular flexibility index (Phi) is 3.08. The topological polar surface area (TPSA) is 68.0 Å². The van der Waals surface area contributed by atoms with Gasteiger partial charge in [-0.2, -0.15) is 0 Å². The molecule has 0 unspecified atom stereocenters. The number of carboxylic acids is 1. The molecule has 1 N–H and O–H groups in total. The number of rotatable bonds is 3. The van der Waals surface area contributed by atoms with E-state index in [1.54, 1.807) is 30.7 Å². The fraction of sp³-hybridized carbons (Fsp3) is 0.0714. The van der Waals surface area contributed by atoms with Gasteiger partial charge in [0.15, 0.2) is 0 Å². The van der Waals surface area contributed by atoms with Gasteiger partial charge in [0, 0.05) is 18.0 Å². The summed E-state index contributed by atoms with van der Waals surface area (Å²) in [5.74, 6) is -0.936. The van der Waals surface area contributed by atoms with Crippen LogP contribution in [0, 0.1) is 0 Å². The Hall–Kier alpha value is -2.47. The van der Waals surface area contributed by atoms with E-state index in [9.17, 15) is 4.79 Å². The number of imidazole rings is 1. The highest BCUT2D eigenvalue weighted by Crippen LogP contribution is 2.28. The van der Waals surface area contributed by atoms with Gasteiger partial charge in [0.2, 0.25) is 0 Å². The fourth-order valence-corrected chi connectivity index (χ4v) is 2.78. The Morgan fingerprint density at radius 1 is 1.40 bits per heavy atom. The number of carbonyl (C=O) groups is 1. The average molecular weight is 285 g/mol. The summed E-state index contributed by atoms with van der Waals surface area (Å²) in [6, 6.07) is 6.78. The third-order valence-electron chi connectivity index (χ3n) is 2.95. The molecule has 0 aliphatic heterocycles. The van der Waals surface area contributed by atoms with Gasteiger partial charge in [0.05, 0.1) is 29.5 Å². The molecule has 3 aromatic rings. The lowest BCUT2D eigenvalue weighted by Crippen LogP contribution is -1.95. The molecule has 0 spiro atoms. The van der Waals surface area contributed by atoms with Gasteiger partial charge in [-0.3, -0.25) is 0 Å². The van der Waals surface area contributed by atoms with E-state index in [1.165, 1.54) is 11.3 Å². The van der Waals surface area contributed by atoms with Gasteiger partial charge < -0.3 is 9.67 Å². The maximum Gasteiger partial charge on any atom is 0.335 e. The van der Waals surface area contributed by atoms with Gasteiger partial charge in [-0.1, -0.05) is 12.1 Å². The van der Waals surface area contributed by atoms with Gasteiger partial charge in [-0.15, -0.1) is 11.3 Å². The summed E-state index contributed by atoms with van der Waals surface area (Å²) >= 11 is 1.51. The number of hydrogen-bond acceptors (Lipinski definition) is 4. The van der Waals surface area contributed by atoms with Crippen LogP contribution in [-0.4, -0.2) is 25.6 Å². The van der Waals surface area contributed by atoms with Crippen molar-refractivity contribution in [1.82, 2.24) is 14.5 Å². The minimum atomic E-state index is -0.936. The predicted molar refractivity (Wildman–Crippen MR) is 76.7 cm³/mol. The van der Waals surface area contributed by atoms with Gasteiger partial charge in [0.1, 0.15) is 5.01 Å². The Labute approximate surface area is 119 Å². The molecular formula is C14H11N3O2S. The lowest BCUT2D eigenvalue weighted by Gasteiger charge is -1.99. The zero-order chi connectivity index (χ0) is 14.1. The SMILES string of the molecule is Cn1cncc1-c1nc(-c2cccc(C(=O)O)c2)cs1. The molecule has 2 aromatic heterocycles. The molecule has 3 rings (SSSR count). The monoisotopic (exact) mass is 285 g/mol. The minimum Gasteiger partial charge on any atom is -0.478 e. The first-order valence-corrected chi connectivity index (χ1v) is 6.79. The number of hydrogen-bond donors (Lipinski definition) is 1. The second-order valence-electron chi connectivity index (χ2n) is 4.31. The van der Waals surface area contributed by atoms with Crippen molar-refractivity contribution in [3.63, 3.8) is 0 Å². The number of nitrogens with zero attached hydrogens (tertiary/aromatic N) is 3. The maximum absolute atomic E-state index is 11.0. The van der Waals surface area contributed by atoms with Crippen LogP contribution in [0.2, 0.25) is 0 Å². The van der Waals surface area contributed by atoms with Crippen LogP contribution in [0.3, 0.4) is 0 Å². The fourth-order valence-electron chi connectivity index (χ4n) is 1.90. The Bertz CT molecular complexity index is 776. The van der Waals surface area contributed by atoms with Crippen molar-refractivity contribution in [3.8, 4) is 22.0 Å². The van der Waals surface area contributed by atoms with Crippen LogP contribution in [-0.2, 0) is 7.05 Å². The Balaban J connectivity index is 2.00. The number of aromatic nitrogens is 3. The van der Waals surface area contributed by atoms with Crippen LogP contribution in [0.4, 0.5) is 0 Å². The molecule has 0 aliphatic rings. The zero-order valence-electron chi connectivity index (χ0n) is 10.6. The Morgan fingerprint density at radius 3 is 2.95 bits per heavy atom. The summed E-state index contributed by atoms with van der Waals surface area (Å²) in [6.07, 6.45) is 3.48. The van der Waals surface area contributed by atoms with E-state index in [2.05, 4.69) is 9.97 Å². The van der Waals surface area contributed by atoms with E-state index in [-0.39, 0.29) is 5.56 Å². The van der Waals surface area contributed by atoms with Gasteiger partial charge in [-0.05, 0) is 12.1 Å². The normalized spacial score (nSPS) is 10.7. The molecular weight excluding hydrogens is 274 g/mol. The summed E-state index contributed by atoms with van der Waals surface area (Å²) in [5, 5.41) is 11.8. The number of aromatic carboxylic acids is 1. The first-order chi connectivity index (χ1) is 9.65.